The lowest BCUT2D eigenvalue weighted by Gasteiger charge is -2.21. The monoisotopic (exact) mass is 351 g/mol. The van der Waals surface area contributed by atoms with Crippen LogP contribution in [0.15, 0.2) is 23.9 Å². The molecular formula is C16H17NO8. The maximum absolute atomic E-state index is 12.0. The number of carbonyl (C=O) groups is 3. The Morgan fingerprint density at radius 2 is 1.64 bits per heavy atom. The number of nitrogens with one attached hydrogen (secondary N) is 1. The minimum atomic E-state index is -0.823. The van der Waals surface area contributed by atoms with E-state index < -0.39 is 17.9 Å². The first-order valence-electron chi connectivity index (χ1n) is 7.17. The summed E-state index contributed by atoms with van der Waals surface area (Å²) < 4.78 is 24.7. The zero-order valence-corrected chi connectivity index (χ0v) is 13.9. The summed E-state index contributed by atoms with van der Waals surface area (Å²) in [4.78, 5) is 35.4. The molecule has 0 saturated heterocycles. The van der Waals surface area contributed by atoms with Crippen molar-refractivity contribution in [3.05, 3.63) is 29.5 Å². The molecule has 0 amide bonds. The fourth-order valence-corrected chi connectivity index (χ4v) is 2.05. The van der Waals surface area contributed by atoms with Gasteiger partial charge in [0.1, 0.15) is 18.9 Å². The van der Waals surface area contributed by atoms with Crippen LogP contribution in [-0.2, 0) is 23.8 Å². The van der Waals surface area contributed by atoms with Gasteiger partial charge in [-0.15, -0.1) is 0 Å². The van der Waals surface area contributed by atoms with E-state index in [0.717, 1.165) is 20.3 Å². The van der Waals surface area contributed by atoms with Crippen molar-refractivity contribution in [2.75, 3.05) is 39.9 Å². The summed E-state index contributed by atoms with van der Waals surface area (Å²) in [6.07, 6.45) is 0.906. The third kappa shape index (κ3) is 4.19. The van der Waals surface area contributed by atoms with Crippen LogP contribution in [0.1, 0.15) is 10.4 Å². The predicted molar refractivity (Wildman–Crippen MR) is 84.5 cm³/mol. The van der Waals surface area contributed by atoms with Gasteiger partial charge >= 0.3 is 17.9 Å². The van der Waals surface area contributed by atoms with E-state index in [0.29, 0.717) is 24.7 Å². The first kappa shape index (κ1) is 18.1. The molecule has 134 valence electrons. The second kappa shape index (κ2) is 8.04. The number of methoxy groups -OCH3 is 3. The van der Waals surface area contributed by atoms with Crippen molar-refractivity contribution in [1.82, 2.24) is 0 Å². The Morgan fingerprint density at radius 3 is 2.20 bits per heavy atom. The van der Waals surface area contributed by atoms with Crippen LogP contribution in [0.5, 0.6) is 11.5 Å². The summed E-state index contributed by atoms with van der Waals surface area (Å²) in [5.74, 6) is -1.51. The number of esters is 3. The molecule has 9 heteroatoms. The standard InChI is InChI=1S/C16H17NO8/c1-21-14(18)8-11(16(20)23-3)17-10-7-13-12(24-4-5-25-13)6-9(10)15(19)22-2/h6-8,17H,4-5H2,1-3H3/b11-8+. The SMILES string of the molecule is COC(=O)/C=C(/Nc1cc2c(cc1C(=O)OC)OCCO2)C(=O)OC. The first-order chi connectivity index (χ1) is 12.0. The fraction of sp³-hybridized carbons (Fsp3) is 0.312. The summed E-state index contributed by atoms with van der Waals surface area (Å²) in [5, 5.41) is 2.68. The lowest BCUT2D eigenvalue weighted by Crippen LogP contribution is -2.19. The van der Waals surface area contributed by atoms with Crippen molar-refractivity contribution in [3.63, 3.8) is 0 Å². The fourth-order valence-electron chi connectivity index (χ4n) is 2.05. The van der Waals surface area contributed by atoms with Crippen LogP contribution < -0.4 is 14.8 Å². The summed E-state index contributed by atoms with van der Waals surface area (Å²) in [6, 6.07) is 2.89. The van der Waals surface area contributed by atoms with Gasteiger partial charge in [-0.05, 0) is 0 Å². The minimum Gasteiger partial charge on any atom is -0.486 e. The van der Waals surface area contributed by atoms with E-state index in [1.807, 2.05) is 0 Å². The van der Waals surface area contributed by atoms with E-state index in [4.69, 9.17) is 14.2 Å². The van der Waals surface area contributed by atoms with Crippen LogP contribution in [0.2, 0.25) is 0 Å². The molecule has 0 fully saturated rings. The molecule has 2 rings (SSSR count). The Balaban J connectivity index is 2.47. The van der Waals surface area contributed by atoms with Gasteiger partial charge in [-0.25, -0.2) is 14.4 Å². The third-order valence-electron chi connectivity index (χ3n) is 3.23. The van der Waals surface area contributed by atoms with Gasteiger partial charge < -0.3 is 29.0 Å². The molecule has 1 aromatic rings. The average molecular weight is 351 g/mol. The number of benzene rings is 1. The van der Waals surface area contributed by atoms with Gasteiger partial charge in [-0.2, -0.15) is 0 Å². The molecular weight excluding hydrogens is 334 g/mol. The second-order valence-corrected chi connectivity index (χ2v) is 4.73. The van der Waals surface area contributed by atoms with Crippen molar-refractivity contribution in [2.24, 2.45) is 0 Å². The summed E-state index contributed by atoms with van der Waals surface area (Å²) in [5.41, 5.74) is 0.0410. The Labute approximate surface area is 143 Å². The lowest BCUT2D eigenvalue weighted by molar-refractivity contribution is -0.138. The highest BCUT2D eigenvalue weighted by Gasteiger charge is 2.23. The molecule has 0 radical (unpaired) electrons. The van der Waals surface area contributed by atoms with Gasteiger partial charge in [0.15, 0.2) is 11.5 Å². The van der Waals surface area contributed by atoms with Crippen LogP contribution in [0.4, 0.5) is 5.69 Å². The first-order valence-corrected chi connectivity index (χ1v) is 7.17. The zero-order valence-electron chi connectivity index (χ0n) is 13.9. The van der Waals surface area contributed by atoms with Crippen LogP contribution in [-0.4, -0.2) is 52.5 Å². The van der Waals surface area contributed by atoms with E-state index >= 15 is 0 Å². The van der Waals surface area contributed by atoms with Crippen LogP contribution in [0, 0.1) is 0 Å². The number of carbonyl (C=O) groups excluding carboxylic acids is 3. The van der Waals surface area contributed by atoms with Gasteiger partial charge in [0.05, 0.1) is 38.7 Å². The van der Waals surface area contributed by atoms with Crippen molar-refractivity contribution in [2.45, 2.75) is 0 Å². The third-order valence-corrected chi connectivity index (χ3v) is 3.23. The van der Waals surface area contributed by atoms with Crippen LogP contribution in [0.3, 0.4) is 0 Å². The topological polar surface area (TPSA) is 109 Å². The number of anilines is 1. The van der Waals surface area contributed by atoms with Gasteiger partial charge in [-0.3, -0.25) is 0 Å². The van der Waals surface area contributed by atoms with E-state index in [1.54, 1.807) is 0 Å². The Bertz CT molecular complexity index is 725. The number of fused-ring (bicyclic) bond motifs is 1. The Hall–Kier alpha value is -3.23. The van der Waals surface area contributed by atoms with Gasteiger partial charge in [0, 0.05) is 12.1 Å². The quantitative estimate of drug-likeness (QED) is 0.470. The van der Waals surface area contributed by atoms with Gasteiger partial charge in [-0.1, -0.05) is 0 Å². The van der Waals surface area contributed by atoms with Crippen molar-refractivity contribution in [3.8, 4) is 11.5 Å². The molecule has 25 heavy (non-hydrogen) atoms. The second-order valence-electron chi connectivity index (χ2n) is 4.73. The molecule has 0 spiro atoms. The highest BCUT2D eigenvalue weighted by Crippen LogP contribution is 2.36. The number of hydrogen-bond donors (Lipinski definition) is 1. The van der Waals surface area contributed by atoms with E-state index in [9.17, 15) is 14.4 Å². The smallest absolute Gasteiger partial charge is 0.354 e. The number of rotatable bonds is 5. The van der Waals surface area contributed by atoms with Crippen molar-refractivity contribution >= 4 is 23.6 Å². The molecule has 1 aliphatic heterocycles. The largest absolute Gasteiger partial charge is 0.486 e. The molecule has 1 N–H and O–H groups in total. The molecule has 1 heterocycles. The number of hydrogen-bond acceptors (Lipinski definition) is 9. The molecule has 9 nitrogen and oxygen atoms in total. The van der Waals surface area contributed by atoms with Crippen LogP contribution >= 0.6 is 0 Å². The highest BCUT2D eigenvalue weighted by molar-refractivity contribution is 6.02. The maximum Gasteiger partial charge on any atom is 0.354 e. The zero-order chi connectivity index (χ0) is 18.4. The summed E-state index contributed by atoms with van der Waals surface area (Å²) in [7, 11) is 3.53. The molecule has 0 atom stereocenters. The van der Waals surface area contributed by atoms with Crippen molar-refractivity contribution < 1.29 is 38.1 Å². The Morgan fingerprint density at radius 1 is 1.00 bits per heavy atom. The lowest BCUT2D eigenvalue weighted by atomic mass is 10.1. The van der Waals surface area contributed by atoms with Crippen molar-refractivity contribution in [1.29, 1.82) is 0 Å². The van der Waals surface area contributed by atoms with Gasteiger partial charge in [0.25, 0.3) is 0 Å². The molecule has 1 aromatic carbocycles. The van der Waals surface area contributed by atoms with Crippen LogP contribution in [0.25, 0.3) is 0 Å². The molecule has 1 aliphatic rings. The van der Waals surface area contributed by atoms with E-state index in [-0.39, 0.29) is 16.9 Å². The minimum absolute atomic E-state index is 0.0893. The number of ether oxygens (including phenoxy) is 5. The molecule has 0 unspecified atom stereocenters. The Kier molecular flexibility index (Phi) is 5.83. The molecule has 0 aromatic heterocycles. The summed E-state index contributed by atoms with van der Waals surface area (Å²) in [6.45, 7) is 0.682. The molecule has 0 aliphatic carbocycles. The highest BCUT2D eigenvalue weighted by atomic mass is 16.6. The summed E-state index contributed by atoms with van der Waals surface area (Å²) >= 11 is 0. The van der Waals surface area contributed by atoms with E-state index in [1.165, 1.54) is 19.2 Å². The molecule has 0 bridgehead atoms. The normalized spacial score (nSPS) is 12.8. The molecule has 0 saturated carbocycles. The average Bonchev–Trinajstić information content (AvgIpc) is 2.65. The van der Waals surface area contributed by atoms with Gasteiger partial charge in [0.2, 0.25) is 0 Å². The maximum atomic E-state index is 12.0. The van der Waals surface area contributed by atoms with E-state index in [2.05, 4.69) is 14.8 Å². The predicted octanol–water partition coefficient (Wildman–Crippen LogP) is 0.886.